The summed E-state index contributed by atoms with van der Waals surface area (Å²) < 4.78 is 0. The Kier molecular flexibility index (Phi) is 5.15. The minimum atomic E-state index is -0.325. The lowest BCUT2D eigenvalue weighted by Gasteiger charge is -2.18. The van der Waals surface area contributed by atoms with Crippen molar-refractivity contribution in [1.82, 2.24) is 9.99 Å². The Labute approximate surface area is 154 Å². The average Bonchev–Trinajstić information content (AvgIpc) is 3.01. The number of amides is 2. The van der Waals surface area contributed by atoms with Crippen LogP contribution in [0.4, 0.5) is 5.13 Å². The van der Waals surface area contributed by atoms with Gasteiger partial charge in [-0.25, -0.2) is 9.99 Å². The van der Waals surface area contributed by atoms with E-state index in [4.69, 9.17) is 11.6 Å². The molecule has 0 atom stereocenters. The van der Waals surface area contributed by atoms with Crippen LogP contribution in [0.2, 0.25) is 5.02 Å². The van der Waals surface area contributed by atoms with Gasteiger partial charge in [-0.05, 0) is 18.1 Å². The number of aromatic nitrogens is 1. The van der Waals surface area contributed by atoms with E-state index in [9.17, 15) is 9.59 Å². The number of halogens is 1. The number of thiazole rings is 1. The van der Waals surface area contributed by atoms with E-state index in [-0.39, 0.29) is 18.2 Å². The first kappa shape index (κ1) is 17.6. The molecular formula is C17H17ClN4O2S. The van der Waals surface area contributed by atoms with Crippen LogP contribution < -0.4 is 5.32 Å². The first-order chi connectivity index (χ1) is 11.9. The van der Waals surface area contributed by atoms with Gasteiger partial charge >= 0.3 is 0 Å². The van der Waals surface area contributed by atoms with Crippen molar-refractivity contribution < 1.29 is 9.59 Å². The van der Waals surface area contributed by atoms with Crippen molar-refractivity contribution in [2.45, 2.75) is 26.2 Å². The Morgan fingerprint density at radius 2 is 2.20 bits per heavy atom. The van der Waals surface area contributed by atoms with Gasteiger partial charge in [0.25, 0.3) is 5.91 Å². The zero-order valence-electron chi connectivity index (χ0n) is 13.9. The fourth-order valence-electron chi connectivity index (χ4n) is 2.48. The van der Waals surface area contributed by atoms with Gasteiger partial charge in [-0.2, -0.15) is 5.10 Å². The summed E-state index contributed by atoms with van der Waals surface area (Å²) in [6.07, 6.45) is 3.02. The maximum absolute atomic E-state index is 12.3. The molecule has 2 heterocycles. The first-order valence-corrected chi connectivity index (χ1v) is 8.97. The predicted octanol–water partition coefficient (Wildman–Crippen LogP) is 3.24. The molecule has 1 aromatic carbocycles. The zero-order valence-corrected chi connectivity index (χ0v) is 15.4. The molecule has 0 spiro atoms. The topological polar surface area (TPSA) is 74.7 Å². The molecule has 0 fully saturated rings. The monoisotopic (exact) mass is 376 g/mol. The number of benzene rings is 1. The lowest BCUT2D eigenvalue weighted by atomic mass is 10.1. The van der Waals surface area contributed by atoms with E-state index in [2.05, 4.69) is 15.4 Å². The lowest BCUT2D eigenvalue weighted by molar-refractivity contribution is -0.130. The Morgan fingerprint density at radius 3 is 2.96 bits per heavy atom. The number of carbonyl (C=O) groups excluding carboxylic acids is 2. The normalized spacial score (nSPS) is 14.4. The van der Waals surface area contributed by atoms with Gasteiger partial charge in [-0.1, -0.05) is 29.8 Å². The van der Waals surface area contributed by atoms with Crippen LogP contribution in [0.5, 0.6) is 0 Å². The minimum Gasteiger partial charge on any atom is -0.297 e. The smallest absolute Gasteiger partial charge is 0.273 e. The first-order valence-electron chi connectivity index (χ1n) is 7.78. The molecule has 3 rings (SSSR count). The number of nitrogens with one attached hydrogen (secondary N) is 1. The molecule has 1 aliphatic heterocycles. The van der Waals surface area contributed by atoms with E-state index in [0.717, 1.165) is 21.0 Å². The summed E-state index contributed by atoms with van der Waals surface area (Å²) in [5, 5.41) is 9.21. The molecule has 0 radical (unpaired) electrons. The van der Waals surface area contributed by atoms with Crippen molar-refractivity contribution >= 4 is 45.6 Å². The van der Waals surface area contributed by atoms with Crippen LogP contribution in [0.3, 0.4) is 0 Å². The number of rotatable bonds is 4. The molecule has 0 saturated carbocycles. The van der Waals surface area contributed by atoms with Gasteiger partial charge in [0.2, 0.25) is 5.91 Å². The van der Waals surface area contributed by atoms with E-state index >= 15 is 0 Å². The van der Waals surface area contributed by atoms with E-state index < -0.39 is 0 Å². The average molecular weight is 377 g/mol. The maximum Gasteiger partial charge on any atom is 0.273 e. The summed E-state index contributed by atoms with van der Waals surface area (Å²) in [6.45, 7) is 1.97. The van der Waals surface area contributed by atoms with Crippen molar-refractivity contribution in [1.29, 1.82) is 0 Å². The molecular weight excluding hydrogens is 360 g/mol. The lowest BCUT2D eigenvalue weighted by Crippen LogP contribution is -2.34. The highest BCUT2D eigenvalue weighted by atomic mass is 35.5. The number of nitrogens with zero attached hydrogens (tertiary/aromatic N) is 3. The Hall–Kier alpha value is -2.25. The maximum atomic E-state index is 12.3. The fourth-order valence-corrected chi connectivity index (χ4v) is 3.50. The highest BCUT2D eigenvalue weighted by Crippen LogP contribution is 2.26. The van der Waals surface area contributed by atoms with Crippen molar-refractivity contribution in [2.24, 2.45) is 5.10 Å². The largest absolute Gasteiger partial charge is 0.297 e. The number of hydrogen-bond donors (Lipinski definition) is 1. The van der Waals surface area contributed by atoms with Gasteiger partial charge in [0, 0.05) is 42.4 Å². The van der Waals surface area contributed by atoms with Crippen LogP contribution in [0.15, 0.2) is 29.5 Å². The minimum absolute atomic E-state index is 0.0943. The quantitative estimate of drug-likeness (QED) is 0.890. The third-order valence-corrected chi connectivity index (χ3v) is 5.33. The number of carbonyl (C=O) groups is 2. The van der Waals surface area contributed by atoms with Crippen molar-refractivity contribution in [3.63, 3.8) is 0 Å². The summed E-state index contributed by atoms with van der Waals surface area (Å²) in [7, 11) is 1.54. The third kappa shape index (κ3) is 4.05. The molecule has 8 heteroatoms. The molecule has 130 valence electrons. The summed E-state index contributed by atoms with van der Waals surface area (Å²) in [5.41, 5.74) is 2.40. The number of hydrogen-bond acceptors (Lipinski definition) is 5. The second kappa shape index (κ2) is 7.33. The number of anilines is 1. The number of hydrazone groups is 1. The van der Waals surface area contributed by atoms with Crippen molar-refractivity contribution in [3.8, 4) is 0 Å². The number of aryl methyl sites for hydroxylation is 1. The van der Waals surface area contributed by atoms with Gasteiger partial charge in [-0.3, -0.25) is 14.9 Å². The van der Waals surface area contributed by atoms with E-state index in [1.807, 2.05) is 25.1 Å². The highest BCUT2D eigenvalue weighted by molar-refractivity contribution is 7.15. The van der Waals surface area contributed by atoms with Gasteiger partial charge < -0.3 is 0 Å². The Balaban J connectivity index is 1.68. The molecule has 2 aromatic rings. The third-order valence-electron chi connectivity index (χ3n) is 3.88. The molecule has 0 bridgehead atoms. The summed E-state index contributed by atoms with van der Waals surface area (Å²) in [6, 6.07) is 5.92. The zero-order chi connectivity index (χ0) is 18.0. The summed E-state index contributed by atoms with van der Waals surface area (Å²) in [4.78, 5) is 28.9. The van der Waals surface area contributed by atoms with Gasteiger partial charge in [-0.15, -0.1) is 11.3 Å². The fraction of sp³-hybridized carbons (Fsp3) is 0.294. The molecule has 1 aliphatic rings. The van der Waals surface area contributed by atoms with Gasteiger partial charge in [0.15, 0.2) is 5.13 Å². The Bertz CT molecular complexity index is 862. The predicted molar refractivity (Wildman–Crippen MR) is 99.2 cm³/mol. The van der Waals surface area contributed by atoms with Crippen LogP contribution in [0.25, 0.3) is 0 Å². The molecule has 0 aliphatic carbocycles. The SMILES string of the molecule is Cc1cccc(Cc2cnc(NC(=O)C3=NN(C)C(=O)CC3)s2)c1Cl. The van der Waals surface area contributed by atoms with E-state index in [1.165, 1.54) is 16.3 Å². The van der Waals surface area contributed by atoms with E-state index in [1.54, 1.807) is 13.2 Å². The second-order valence-electron chi connectivity index (χ2n) is 5.77. The van der Waals surface area contributed by atoms with Gasteiger partial charge in [0.1, 0.15) is 5.71 Å². The van der Waals surface area contributed by atoms with Crippen molar-refractivity contribution in [3.05, 3.63) is 45.4 Å². The molecule has 25 heavy (non-hydrogen) atoms. The Morgan fingerprint density at radius 1 is 1.40 bits per heavy atom. The molecule has 6 nitrogen and oxygen atoms in total. The van der Waals surface area contributed by atoms with Crippen LogP contribution in [0.1, 0.15) is 28.8 Å². The second-order valence-corrected chi connectivity index (χ2v) is 7.27. The van der Waals surface area contributed by atoms with Crippen LogP contribution in [0, 0.1) is 6.92 Å². The van der Waals surface area contributed by atoms with Crippen molar-refractivity contribution in [2.75, 3.05) is 12.4 Å². The summed E-state index contributed by atoms with van der Waals surface area (Å²) >= 11 is 7.73. The van der Waals surface area contributed by atoms with Crippen LogP contribution in [-0.2, 0) is 16.0 Å². The summed E-state index contributed by atoms with van der Waals surface area (Å²) in [5.74, 6) is -0.419. The van der Waals surface area contributed by atoms with Crippen LogP contribution in [-0.4, -0.2) is 34.6 Å². The standard InChI is InChI=1S/C17H17ClN4O2S/c1-10-4-3-5-11(15(10)18)8-12-9-19-17(25-12)20-16(24)13-6-7-14(23)22(2)21-13/h3-5,9H,6-8H2,1-2H3,(H,19,20,24). The molecule has 1 aromatic heterocycles. The highest BCUT2D eigenvalue weighted by Gasteiger charge is 2.22. The molecule has 2 amide bonds. The molecule has 0 saturated heterocycles. The van der Waals surface area contributed by atoms with E-state index in [0.29, 0.717) is 23.7 Å². The van der Waals surface area contributed by atoms with Gasteiger partial charge in [0.05, 0.1) is 0 Å². The molecule has 0 unspecified atom stereocenters. The molecule has 1 N–H and O–H groups in total. The van der Waals surface area contributed by atoms with Crippen LogP contribution >= 0.6 is 22.9 Å².